The van der Waals surface area contributed by atoms with Crippen LogP contribution in [-0.4, -0.2) is 18.0 Å². The summed E-state index contributed by atoms with van der Waals surface area (Å²) in [6.45, 7) is 4.25. The van der Waals surface area contributed by atoms with Gasteiger partial charge in [-0.05, 0) is 23.8 Å². The van der Waals surface area contributed by atoms with Gasteiger partial charge in [-0.15, -0.1) is 10.2 Å². The molecule has 1 heterocycles. The number of rotatable bonds is 4. The second kappa shape index (κ2) is 8.14. The van der Waals surface area contributed by atoms with Gasteiger partial charge < -0.3 is 5.73 Å². The average molecular weight is 447 g/mol. The lowest BCUT2D eigenvalue weighted by atomic mass is 9.93. The van der Waals surface area contributed by atoms with Gasteiger partial charge in [-0.2, -0.15) is 8.42 Å². The smallest absolute Gasteiger partial charge is 0.295 e. The molecule has 0 amide bonds. The van der Waals surface area contributed by atoms with E-state index in [1.807, 2.05) is 24.3 Å². The quantitative estimate of drug-likeness (QED) is 0.289. The van der Waals surface area contributed by atoms with Crippen LogP contribution in [0.5, 0.6) is 0 Å². The number of pyridine rings is 1. The van der Waals surface area contributed by atoms with E-state index in [1.165, 1.54) is 6.07 Å². The number of hydrogen-bond donors (Lipinski definition) is 2. The Kier molecular flexibility index (Phi) is 5.50. The fourth-order valence-corrected chi connectivity index (χ4v) is 4.08. The minimum atomic E-state index is -4.47. The number of nitrogens with zero attached hydrogens (tertiary/aromatic N) is 3. The van der Waals surface area contributed by atoms with Crippen LogP contribution in [0.1, 0.15) is 19.5 Å². The molecule has 0 aliphatic heterocycles. The molecule has 7 nitrogen and oxygen atoms in total. The number of allylic oxidation sites excluding steroid dienone is 6. The van der Waals surface area contributed by atoms with E-state index in [1.54, 1.807) is 36.5 Å². The summed E-state index contributed by atoms with van der Waals surface area (Å²) in [5.74, 6) is 0. The first-order chi connectivity index (χ1) is 15.1. The number of hydrogen-bond acceptors (Lipinski definition) is 6. The summed E-state index contributed by atoms with van der Waals surface area (Å²) in [5, 5.41) is 9.06. The number of benzene rings is 2. The SMILES string of the molecule is CC1(C)C=CC=C(c2ccc(/N=N/c3cc(S(=O)(=O)O)c4ccccc4c3N)cn2)C=C1. The molecule has 1 aliphatic rings. The monoisotopic (exact) mass is 446 g/mol. The van der Waals surface area contributed by atoms with Crippen LogP contribution in [0.2, 0.25) is 0 Å². The molecule has 2 aromatic carbocycles. The zero-order chi connectivity index (χ0) is 22.9. The van der Waals surface area contributed by atoms with Crippen molar-refractivity contribution < 1.29 is 13.0 Å². The van der Waals surface area contributed by atoms with E-state index in [0.29, 0.717) is 16.5 Å². The highest BCUT2D eigenvalue weighted by Gasteiger charge is 2.18. The van der Waals surface area contributed by atoms with Gasteiger partial charge in [-0.25, -0.2) is 0 Å². The van der Waals surface area contributed by atoms with E-state index in [0.717, 1.165) is 11.3 Å². The van der Waals surface area contributed by atoms with Gasteiger partial charge in [0, 0.05) is 16.2 Å². The first-order valence-corrected chi connectivity index (χ1v) is 11.3. The summed E-state index contributed by atoms with van der Waals surface area (Å²) >= 11 is 0. The predicted octanol–water partition coefficient (Wildman–Crippen LogP) is 6.01. The molecule has 3 N–H and O–H groups in total. The van der Waals surface area contributed by atoms with Crippen molar-refractivity contribution in [3.05, 3.63) is 84.7 Å². The third-order valence-corrected chi connectivity index (χ3v) is 6.01. The average Bonchev–Trinajstić information content (AvgIpc) is 2.93. The van der Waals surface area contributed by atoms with Gasteiger partial charge in [0.2, 0.25) is 0 Å². The van der Waals surface area contributed by atoms with Crippen molar-refractivity contribution >= 4 is 43.5 Å². The van der Waals surface area contributed by atoms with Crippen molar-refractivity contribution in [3.63, 3.8) is 0 Å². The molecule has 0 saturated heterocycles. The maximum Gasteiger partial charge on any atom is 0.295 e. The Morgan fingerprint density at radius 1 is 1.03 bits per heavy atom. The van der Waals surface area contributed by atoms with E-state index in [2.05, 4.69) is 41.2 Å². The molecule has 0 radical (unpaired) electrons. The number of azo groups is 1. The van der Waals surface area contributed by atoms with Crippen LogP contribution in [-0.2, 0) is 10.1 Å². The highest BCUT2D eigenvalue weighted by molar-refractivity contribution is 7.86. The number of aromatic nitrogens is 1. The third kappa shape index (κ3) is 4.51. The van der Waals surface area contributed by atoms with Crippen LogP contribution in [0.15, 0.2) is 94.2 Å². The van der Waals surface area contributed by atoms with Crippen molar-refractivity contribution in [2.24, 2.45) is 15.6 Å². The minimum Gasteiger partial charge on any atom is -0.396 e. The normalized spacial score (nSPS) is 15.8. The van der Waals surface area contributed by atoms with Gasteiger partial charge in [0.05, 0.1) is 17.6 Å². The highest BCUT2D eigenvalue weighted by atomic mass is 32.2. The van der Waals surface area contributed by atoms with Gasteiger partial charge in [0.15, 0.2) is 0 Å². The van der Waals surface area contributed by atoms with Crippen LogP contribution in [0, 0.1) is 5.41 Å². The molecule has 8 heteroatoms. The molecule has 0 atom stereocenters. The maximum absolute atomic E-state index is 11.9. The van der Waals surface area contributed by atoms with Crippen LogP contribution in [0.25, 0.3) is 16.3 Å². The van der Waals surface area contributed by atoms with Crippen LogP contribution < -0.4 is 5.73 Å². The highest BCUT2D eigenvalue weighted by Crippen LogP contribution is 2.36. The Hall–Kier alpha value is -3.62. The molecule has 4 rings (SSSR count). The second-order valence-electron chi connectivity index (χ2n) is 8.07. The molecule has 1 aliphatic carbocycles. The summed E-state index contributed by atoms with van der Waals surface area (Å²) in [7, 11) is -4.47. The molecular formula is C24H22N4O3S. The molecular weight excluding hydrogens is 424 g/mol. The fraction of sp³-hybridized carbons (Fsp3) is 0.125. The van der Waals surface area contributed by atoms with Gasteiger partial charge in [-0.3, -0.25) is 9.54 Å². The van der Waals surface area contributed by atoms with Gasteiger partial charge >= 0.3 is 0 Å². The Labute approximate surface area is 186 Å². The third-order valence-electron chi connectivity index (χ3n) is 5.12. The lowest BCUT2D eigenvalue weighted by molar-refractivity contribution is 0.484. The van der Waals surface area contributed by atoms with Gasteiger partial charge in [0.1, 0.15) is 16.3 Å². The molecule has 0 saturated carbocycles. The van der Waals surface area contributed by atoms with E-state index in [9.17, 15) is 13.0 Å². The summed E-state index contributed by atoms with van der Waals surface area (Å²) in [6.07, 6.45) is 11.9. The molecule has 0 spiro atoms. The molecule has 162 valence electrons. The van der Waals surface area contributed by atoms with Crippen molar-refractivity contribution in [1.29, 1.82) is 0 Å². The summed E-state index contributed by atoms with van der Waals surface area (Å²) < 4.78 is 33.3. The zero-order valence-corrected chi connectivity index (χ0v) is 18.4. The van der Waals surface area contributed by atoms with E-state index in [-0.39, 0.29) is 21.7 Å². The molecule has 1 aromatic heterocycles. The zero-order valence-electron chi connectivity index (χ0n) is 17.6. The first-order valence-electron chi connectivity index (χ1n) is 9.90. The van der Waals surface area contributed by atoms with Crippen LogP contribution >= 0.6 is 0 Å². The number of fused-ring (bicyclic) bond motifs is 1. The van der Waals surface area contributed by atoms with Gasteiger partial charge in [-0.1, -0.05) is 68.5 Å². The first kappa shape index (κ1) is 21.6. The van der Waals surface area contributed by atoms with E-state index >= 15 is 0 Å². The molecule has 0 unspecified atom stereocenters. The summed E-state index contributed by atoms with van der Waals surface area (Å²) in [6, 6.07) is 11.5. The number of anilines is 1. The standard InChI is InChI=1S/C24H22N4O3S/c1-24(2)12-5-6-16(11-13-24)20-10-9-17(15-26-20)27-28-21-14-22(32(29,30)31)18-7-3-4-8-19(18)23(21)25/h3-15H,25H2,1-2H3,(H,29,30,31)/b28-27+. The lowest BCUT2D eigenvalue weighted by Gasteiger charge is -2.12. The Balaban J connectivity index is 1.66. The summed E-state index contributed by atoms with van der Waals surface area (Å²) in [5.41, 5.74) is 8.82. The Morgan fingerprint density at radius 2 is 1.78 bits per heavy atom. The predicted molar refractivity (Wildman–Crippen MR) is 127 cm³/mol. The van der Waals surface area contributed by atoms with Gasteiger partial charge in [0.25, 0.3) is 10.1 Å². The van der Waals surface area contributed by atoms with Crippen LogP contribution in [0.4, 0.5) is 17.1 Å². The van der Waals surface area contributed by atoms with Crippen LogP contribution in [0.3, 0.4) is 0 Å². The molecule has 0 fully saturated rings. The minimum absolute atomic E-state index is 0.0207. The van der Waals surface area contributed by atoms with Crippen molar-refractivity contribution in [2.75, 3.05) is 5.73 Å². The molecule has 3 aromatic rings. The topological polar surface area (TPSA) is 118 Å². The number of nitrogen functional groups attached to an aromatic ring is 1. The largest absolute Gasteiger partial charge is 0.396 e. The fourth-order valence-electron chi connectivity index (χ4n) is 3.36. The lowest BCUT2D eigenvalue weighted by Crippen LogP contribution is -2.01. The maximum atomic E-state index is 11.9. The number of nitrogens with two attached hydrogens (primary N) is 1. The Bertz CT molecular complexity index is 1420. The summed E-state index contributed by atoms with van der Waals surface area (Å²) in [4.78, 5) is 4.19. The van der Waals surface area contributed by atoms with E-state index < -0.39 is 10.1 Å². The molecule has 32 heavy (non-hydrogen) atoms. The van der Waals surface area contributed by atoms with Crippen molar-refractivity contribution in [1.82, 2.24) is 4.98 Å². The second-order valence-corrected chi connectivity index (χ2v) is 9.46. The Morgan fingerprint density at radius 3 is 2.47 bits per heavy atom. The van der Waals surface area contributed by atoms with Crippen molar-refractivity contribution in [2.45, 2.75) is 18.7 Å². The van der Waals surface area contributed by atoms with E-state index in [4.69, 9.17) is 5.73 Å². The molecule has 0 bridgehead atoms. The van der Waals surface area contributed by atoms with Crippen molar-refractivity contribution in [3.8, 4) is 0 Å².